The predicted octanol–water partition coefficient (Wildman–Crippen LogP) is 4.68. The highest BCUT2D eigenvalue weighted by molar-refractivity contribution is 6.31. The number of fused-ring (bicyclic) bond motifs is 1. The van der Waals surface area contributed by atoms with Crippen molar-refractivity contribution >= 4 is 22.4 Å². The second kappa shape index (κ2) is 5.23. The molecule has 1 atom stereocenters. The van der Waals surface area contributed by atoms with Gasteiger partial charge in [-0.15, -0.1) is 0 Å². The summed E-state index contributed by atoms with van der Waals surface area (Å²) in [5, 5.41) is 2.73. The molecule has 0 spiro atoms. The Labute approximate surface area is 121 Å². The maximum Gasteiger partial charge on any atom is 0.123 e. The van der Waals surface area contributed by atoms with Crippen molar-refractivity contribution in [2.75, 3.05) is 0 Å². The van der Waals surface area contributed by atoms with Crippen LogP contribution in [0.3, 0.4) is 0 Å². The van der Waals surface area contributed by atoms with Crippen LogP contribution in [0.15, 0.2) is 60.7 Å². The van der Waals surface area contributed by atoms with E-state index in [9.17, 15) is 4.39 Å². The van der Waals surface area contributed by atoms with E-state index in [-0.39, 0.29) is 5.82 Å². The zero-order valence-corrected chi connectivity index (χ0v) is 11.4. The molecule has 0 saturated heterocycles. The Morgan fingerprint density at radius 3 is 2.45 bits per heavy atom. The standard InChI is InChI=1S/C17H13ClFN/c18-16-8-7-14(19)10-15(16)17(20)13-6-5-11-3-1-2-4-12(11)9-13/h1-10,17H,20H2. The highest BCUT2D eigenvalue weighted by Gasteiger charge is 2.13. The zero-order valence-electron chi connectivity index (χ0n) is 10.7. The first-order valence-electron chi connectivity index (χ1n) is 6.34. The van der Waals surface area contributed by atoms with Gasteiger partial charge in [-0.25, -0.2) is 4.39 Å². The number of hydrogen-bond donors (Lipinski definition) is 1. The molecule has 0 radical (unpaired) electrons. The Bertz CT molecular complexity index is 770. The van der Waals surface area contributed by atoms with Crippen molar-refractivity contribution in [3.05, 3.63) is 82.6 Å². The van der Waals surface area contributed by atoms with Crippen molar-refractivity contribution in [2.24, 2.45) is 5.73 Å². The monoisotopic (exact) mass is 285 g/mol. The summed E-state index contributed by atoms with van der Waals surface area (Å²) in [5.41, 5.74) is 7.74. The van der Waals surface area contributed by atoms with Crippen molar-refractivity contribution in [1.29, 1.82) is 0 Å². The van der Waals surface area contributed by atoms with Crippen LogP contribution in [-0.4, -0.2) is 0 Å². The minimum absolute atomic E-state index is 0.333. The third-order valence-corrected chi connectivity index (χ3v) is 3.77. The summed E-state index contributed by atoms with van der Waals surface area (Å²) in [5.74, 6) is -0.333. The summed E-state index contributed by atoms with van der Waals surface area (Å²) in [6.07, 6.45) is 0. The molecule has 1 unspecified atom stereocenters. The SMILES string of the molecule is NC(c1ccc2ccccc2c1)c1cc(F)ccc1Cl. The van der Waals surface area contributed by atoms with Crippen LogP contribution in [0.1, 0.15) is 17.2 Å². The number of rotatable bonds is 2. The summed E-state index contributed by atoms with van der Waals surface area (Å²) < 4.78 is 13.4. The van der Waals surface area contributed by atoms with Gasteiger partial charge in [0.1, 0.15) is 5.82 Å². The Morgan fingerprint density at radius 1 is 0.900 bits per heavy atom. The molecule has 0 aromatic heterocycles. The smallest absolute Gasteiger partial charge is 0.123 e. The number of hydrogen-bond acceptors (Lipinski definition) is 1. The average Bonchev–Trinajstić information content (AvgIpc) is 2.48. The molecular formula is C17H13ClFN. The molecule has 20 heavy (non-hydrogen) atoms. The molecule has 1 nitrogen and oxygen atoms in total. The Balaban J connectivity index is 2.07. The molecule has 3 aromatic rings. The summed E-state index contributed by atoms with van der Waals surface area (Å²) >= 11 is 6.11. The summed E-state index contributed by atoms with van der Waals surface area (Å²) in [6.45, 7) is 0. The number of benzene rings is 3. The molecule has 3 heteroatoms. The molecule has 0 aliphatic carbocycles. The summed E-state index contributed by atoms with van der Waals surface area (Å²) in [4.78, 5) is 0. The average molecular weight is 286 g/mol. The van der Waals surface area contributed by atoms with Crippen molar-refractivity contribution in [3.63, 3.8) is 0 Å². The quantitative estimate of drug-likeness (QED) is 0.727. The molecule has 3 rings (SSSR count). The van der Waals surface area contributed by atoms with Crippen LogP contribution in [0.4, 0.5) is 4.39 Å². The molecule has 0 amide bonds. The topological polar surface area (TPSA) is 26.0 Å². The predicted molar refractivity (Wildman–Crippen MR) is 81.4 cm³/mol. The van der Waals surface area contributed by atoms with Crippen LogP contribution < -0.4 is 5.73 Å². The van der Waals surface area contributed by atoms with Crippen LogP contribution in [0.2, 0.25) is 5.02 Å². The maximum absolute atomic E-state index is 13.4. The van der Waals surface area contributed by atoms with Crippen molar-refractivity contribution < 1.29 is 4.39 Å². The van der Waals surface area contributed by atoms with Gasteiger partial charge in [-0.05, 0) is 46.2 Å². The molecule has 0 fully saturated rings. The minimum atomic E-state index is -0.442. The first-order valence-corrected chi connectivity index (χ1v) is 6.72. The van der Waals surface area contributed by atoms with E-state index in [4.69, 9.17) is 17.3 Å². The van der Waals surface area contributed by atoms with E-state index in [1.54, 1.807) is 0 Å². The van der Waals surface area contributed by atoms with Crippen LogP contribution in [-0.2, 0) is 0 Å². The zero-order chi connectivity index (χ0) is 14.1. The molecule has 0 bridgehead atoms. The lowest BCUT2D eigenvalue weighted by Crippen LogP contribution is -2.12. The lowest BCUT2D eigenvalue weighted by molar-refractivity contribution is 0.623. The lowest BCUT2D eigenvalue weighted by atomic mass is 9.97. The second-order valence-electron chi connectivity index (χ2n) is 4.75. The van der Waals surface area contributed by atoms with Gasteiger partial charge in [0.25, 0.3) is 0 Å². The number of halogens is 2. The van der Waals surface area contributed by atoms with E-state index in [0.717, 1.165) is 16.3 Å². The highest BCUT2D eigenvalue weighted by Crippen LogP contribution is 2.29. The third-order valence-electron chi connectivity index (χ3n) is 3.43. The maximum atomic E-state index is 13.4. The van der Waals surface area contributed by atoms with Crippen molar-refractivity contribution in [2.45, 2.75) is 6.04 Å². The fraction of sp³-hybridized carbons (Fsp3) is 0.0588. The van der Waals surface area contributed by atoms with Gasteiger partial charge in [-0.3, -0.25) is 0 Å². The second-order valence-corrected chi connectivity index (χ2v) is 5.16. The normalized spacial score (nSPS) is 12.6. The van der Waals surface area contributed by atoms with Crippen molar-refractivity contribution in [3.8, 4) is 0 Å². The van der Waals surface area contributed by atoms with Gasteiger partial charge in [0.15, 0.2) is 0 Å². The Hall–Kier alpha value is -1.90. The lowest BCUT2D eigenvalue weighted by Gasteiger charge is -2.15. The molecular weight excluding hydrogens is 273 g/mol. The molecule has 3 aromatic carbocycles. The van der Waals surface area contributed by atoms with E-state index in [0.29, 0.717) is 10.6 Å². The Morgan fingerprint density at radius 2 is 1.65 bits per heavy atom. The van der Waals surface area contributed by atoms with E-state index >= 15 is 0 Å². The molecule has 0 aliphatic heterocycles. The van der Waals surface area contributed by atoms with E-state index in [2.05, 4.69) is 0 Å². The summed E-state index contributed by atoms with van der Waals surface area (Å²) in [7, 11) is 0. The fourth-order valence-corrected chi connectivity index (χ4v) is 2.57. The third kappa shape index (κ3) is 2.40. The highest BCUT2D eigenvalue weighted by atomic mass is 35.5. The van der Waals surface area contributed by atoms with Gasteiger partial charge in [-0.2, -0.15) is 0 Å². The van der Waals surface area contributed by atoms with E-state index in [1.165, 1.54) is 18.2 Å². The Kier molecular flexibility index (Phi) is 3.43. The van der Waals surface area contributed by atoms with E-state index in [1.807, 2.05) is 42.5 Å². The van der Waals surface area contributed by atoms with Crippen LogP contribution in [0.5, 0.6) is 0 Å². The molecule has 0 aliphatic rings. The molecule has 2 N–H and O–H groups in total. The van der Waals surface area contributed by atoms with Gasteiger partial charge in [0, 0.05) is 5.02 Å². The molecule has 0 saturated carbocycles. The largest absolute Gasteiger partial charge is 0.320 e. The minimum Gasteiger partial charge on any atom is -0.320 e. The fourth-order valence-electron chi connectivity index (χ4n) is 2.33. The van der Waals surface area contributed by atoms with Crippen molar-refractivity contribution in [1.82, 2.24) is 0 Å². The van der Waals surface area contributed by atoms with Gasteiger partial charge in [0.2, 0.25) is 0 Å². The van der Waals surface area contributed by atoms with E-state index < -0.39 is 6.04 Å². The van der Waals surface area contributed by atoms with Gasteiger partial charge < -0.3 is 5.73 Å². The van der Waals surface area contributed by atoms with Gasteiger partial charge >= 0.3 is 0 Å². The summed E-state index contributed by atoms with van der Waals surface area (Å²) in [6, 6.07) is 17.8. The number of nitrogens with two attached hydrogens (primary N) is 1. The first-order chi connectivity index (χ1) is 9.65. The van der Waals surface area contributed by atoms with Crippen LogP contribution in [0, 0.1) is 5.82 Å². The molecule has 0 heterocycles. The first kappa shape index (κ1) is 13.1. The molecule has 100 valence electrons. The van der Waals surface area contributed by atoms with Crippen LogP contribution in [0.25, 0.3) is 10.8 Å². The van der Waals surface area contributed by atoms with Gasteiger partial charge in [0.05, 0.1) is 6.04 Å². The van der Waals surface area contributed by atoms with Gasteiger partial charge in [-0.1, -0.05) is 48.0 Å². The van der Waals surface area contributed by atoms with Crippen LogP contribution >= 0.6 is 11.6 Å².